The van der Waals surface area contributed by atoms with Crippen LogP contribution < -0.4 is 0 Å². The van der Waals surface area contributed by atoms with Crippen LogP contribution in [0, 0.1) is 20.8 Å². The van der Waals surface area contributed by atoms with Crippen molar-refractivity contribution in [2.45, 2.75) is 20.8 Å². The quantitative estimate of drug-likeness (QED) is 0.884. The lowest BCUT2D eigenvalue weighted by Crippen LogP contribution is -1.96. The molecule has 4 heteroatoms. The molecule has 0 amide bonds. The molecule has 1 heterocycles. The van der Waals surface area contributed by atoms with Crippen molar-refractivity contribution in [3.05, 3.63) is 39.9 Å². The standard InChI is InChI=1S/C13H13NO2S/c1-7-4-8(2)11(9(3)5-7)12-14-10(6-17-12)13(15)16/h4-6H,1-3H3,(H,15,16). The number of benzene rings is 1. The SMILES string of the molecule is Cc1cc(C)c(-c2nc(C(=O)O)cs2)c(C)c1. The van der Waals surface area contributed by atoms with Gasteiger partial charge in [-0.05, 0) is 31.9 Å². The smallest absolute Gasteiger partial charge is 0.355 e. The first-order chi connectivity index (χ1) is 7.99. The molecule has 0 atom stereocenters. The van der Waals surface area contributed by atoms with Crippen LogP contribution in [0.25, 0.3) is 10.6 Å². The van der Waals surface area contributed by atoms with E-state index in [4.69, 9.17) is 5.11 Å². The van der Waals surface area contributed by atoms with Gasteiger partial charge in [0.05, 0.1) is 0 Å². The fraction of sp³-hybridized carbons (Fsp3) is 0.231. The molecule has 2 rings (SSSR count). The molecule has 0 aliphatic rings. The zero-order chi connectivity index (χ0) is 12.6. The van der Waals surface area contributed by atoms with Gasteiger partial charge >= 0.3 is 5.97 Å². The zero-order valence-corrected chi connectivity index (χ0v) is 10.8. The molecule has 0 radical (unpaired) electrons. The second-order valence-corrected chi connectivity index (χ2v) is 4.97. The number of aryl methyl sites for hydroxylation is 3. The number of aromatic nitrogens is 1. The lowest BCUT2D eigenvalue weighted by molar-refractivity contribution is 0.0691. The van der Waals surface area contributed by atoms with E-state index in [1.807, 2.05) is 20.8 Å². The molecular formula is C13H13NO2S. The van der Waals surface area contributed by atoms with Crippen molar-refractivity contribution in [1.29, 1.82) is 0 Å². The van der Waals surface area contributed by atoms with Gasteiger partial charge in [0.25, 0.3) is 0 Å². The van der Waals surface area contributed by atoms with Crippen molar-refractivity contribution < 1.29 is 9.90 Å². The maximum absolute atomic E-state index is 10.8. The molecule has 0 aliphatic heterocycles. The highest BCUT2D eigenvalue weighted by molar-refractivity contribution is 7.13. The van der Waals surface area contributed by atoms with Crippen LogP contribution in [0.15, 0.2) is 17.5 Å². The summed E-state index contributed by atoms with van der Waals surface area (Å²) in [6, 6.07) is 4.17. The summed E-state index contributed by atoms with van der Waals surface area (Å²) in [6.45, 7) is 6.10. The van der Waals surface area contributed by atoms with Gasteiger partial charge in [-0.2, -0.15) is 0 Å². The molecular weight excluding hydrogens is 234 g/mol. The Hall–Kier alpha value is -1.68. The molecule has 88 valence electrons. The van der Waals surface area contributed by atoms with Crippen LogP contribution in [0.4, 0.5) is 0 Å². The Labute approximate surface area is 104 Å². The average molecular weight is 247 g/mol. The second-order valence-electron chi connectivity index (χ2n) is 4.12. The highest BCUT2D eigenvalue weighted by atomic mass is 32.1. The third-order valence-corrected chi connectivity index (χ3v) is 3.47. The molecule has 1 N–H and O–H groups in total. The number of hydrogen-bond acceptors (Lipinski definition) is 3. The number of hydrogen-bond donors (Lipinski definition) is 1. The van der Waals surface area contributed by atoms with Crippen LogP contribution in [0.5, 0.6) is 0 Å². The van der Waals surface area contributed by atoms with Crippen molar-refractivity contribution in [2.24, 2.45) is 0 Å². The zero-order valence-electron chi connectivity index (χ0n) is 9.94. The Kier molecular flexibility index (Phi) is 2.98. The van der Waals surface area contributed by atoms with E-state index in [1.54, 1.807) is 5.38 Å². The number of nitrogens with zero attached hydrogens (tertiary/aromatic N) is 1. The Morgan fingerprint density at radius 3 is 2.29 bits per heavy atom. The number of carboxylic acids is 1. The minimum absolute atomic E-state index is 0.115. The molecule has 0 saturated heterocycles. The van der Waals surface area contributed by atoms with Crippen molar-refractivity contribution in [3.8, 4) is 10.6 Å². The summed E-state index contributed by atoms with van der Waals surface area (Å²) >= 11 is 1.37. The number of thiazole rings is 1. The second kappa shape index (κ2) is 4.30. The van der Waals surface area contributed by atoms with E-state index < -0.39 is 5.97 Å². The maximum Gasteiger partial charge on any atom is 0.355 e. The molecule has 1 aromatic heterocycles. The monoisotopic (exact) mass is 247 g/mol. The fourth-order valence-electron chi connectivity index (χ4n) is 2.00. The predicted octanol–water partition coefficient (Wildman–Crippen LogP) is 3.43. The van der Waals surface area contributed by atoms with Crippen LogP contribution in [-0.2, 0) is 0 Å². The normalized spacial score (nSPS) is 10.5. The number of aromatic carboxylic acids is 1. The Balaban J connectivity index is 2.56. The van der Waals surface area contributed by atoms with Crippen LogP contribution in [0.2, 0.25) is 0 Å². The molecule has 0 unspecified atom stereocenters. The van der Waals surface area contributed by atoms with Crippen molar-refractivity contribution in [1.82, 2.24) is 4.98 Å². The molecule has 0 bridgehead atoms. The van der Waals surface area contributed by atoms with Gasteiger partial charge in [-0.3, -0.25) is 0 Å². The van der Waals surface area contributed by atoms with Gasteiger partial charge in [-0.25, -0.2) is 9.78 Å². The van der Waals surface area contributed by atoms with Gasteiger partial charge in [0.15, 0.2) is 5.69 Å². The molecule has 17 heavy (non-hydrogen) atoms. The molecule has 0 fully saturated rings. The summed E-state index contributed by atoms with van der Waals surface area (Å²) in [5, 5.41) is 11.2. The summed E-state index contributed by atoms with van der Waals surface area (Å²) in [7, 11) is 0. The first kappa shape index (κ1) is 11.8. The summed E-state index contributed by atoms with van der Waals surface area (Å²) in [4.78, 5) is 15.0. The van der Waals surface area contributed by atoms with E-state index in [2.05, 4.69) is 17.1 Å². The summed E-state index contributed by atoms with van der Waals surface area (Å²) in [5.41, 5.74) is 4.64. The van der Waals surface area contributed by atoms with Crippen LogP contribution in [0.3, 0.4) is 0 Å². The first-order valence-electron chi connectivity index (χ1n) is 5.26. The van der Waals surface area contributed by atoms with E-state index in [0.29, 0.717) is 0 Å². The number of carbonyl (C=O) groups is 1. The van der Waals surface area contributed by atoms with Crippen LogP contribution in [0.1, 0.15) is 27.2 Å². The van der Waals surface area contributed by atoms with E-state index in [1.165, 1.54) is 16.9 Å². The number of carboxylic acid groups (broad SMARTS) is 1. The van der Waals surface area contributed by atoms with E-state index >= 15 is 0 Å². The van der Waals surface area contributed by atoms with Crippen LogP contribution in [-0.4, -0.2) is 16.1 Å². The molecule has 1 aromatic carbocycles. The molecule has 0 spiro atoms. The van der Waals surface area contributed by atoms with Gasteiger partial charge in [0, 0.05) is 10.9 Å². The van der Waals surface area contributed by atoms with Gasteiger partial charge in [0.1, 0.15) is 5.01 Å². The van der Waals surface area contributed by atoms with Gasteiger partial charge in [0.2, 0.25) is 0 Å². The first-order valence-corrected chi connectivity index (χ1v) is 6.14. The maximum atomic E-state index is 10.8. The average Bonchev–Trinajstić information content (AvgIpc) is 2.65. The van der Waals surface area contributed by atoms with Crippen molar-refractivity contribution in [3.63, 3.8) is 0 Å². The largest absolute Gasteiger partial charge is 0.476 e. The Morgan fingerprint density at radius 2 is 1.82 bits per heavy atom. The molecule has 0 saturated carbocycles. The lowest BCUT2D eigenvalue weighted by Gasteiger charge is -2.08. The third-order valence-electron chi connectivity index (χ3n) is 2.61. The van der Waals surface area contributed by atoms with E-state index in [9.17, 15) is 4.79 Å². The van der Waals surface area contributed by atoms with Crippen molar-refractivity contribution in [2.75, 3.05) is 0 Å². The molecule has 3 nitrogen and oxygen atoms in total. The predicted molar refractivity (Wildman–Crippen MR) is 68.7 cm³/mol. The highest BCUT2D eigenvalue weighted by Gasteiger charge is 2.13. The summed E-state index contributed by atoms with van der Waals surface area (Å²) in [6.07, 6.45) is 0. The fourth-order valence-corrected chi connectivity index (χ4v) is 2.97. The summed E-state index contributed by atoms with van der Waals surface area (Å²) < 4.78 is 0. The third kappa shape index (κ3) is 2.22. The van der Waals surface area contributed by atoms with Gasteiger partial charge in [-0.15, -0.1) is 11.3 Å². The molecule has 2 aromatic rings. The minimum Gasteiger partial charge on any atom is -0.476 e. The van der Waals surface area contributed by atoms with Gasteiger partial charge in [-0.1, -0.05) is 17.7 Å². The van der Waals surface area contributed by atoms with Crippen molar-refractivity contribution >= 4 is 17.3 Å². The lowest BCUT2D eigenvalue weighted by atomic mass is 10.0. The number of rotatable bonds is 2. The van der Waals surface area contributed by atoms with Gasteiger partial charge < -0.3 is 5.11 Å². The molecule has 0 aliphatic carbocycles. The minimum atomic E-state index is -0.977. The van der Waals surface area contributed by atoms with E-state index in [-0.39, 0.29) is 5.69 Å². The Bertz CT molecular complexity index is 564. The topological polar surface area (TPSA) is 50.2 Å². The van der Waals surface area contributed by atoms with Crippen LogP contribution >= 0.6 is 11.3 Å². The highest BCUT2D eigenvalue weighted by Crippen LogP contribution is 2.30. The van der Waals surface area contributed by atoms with E-state index in [0.717, 1.165) is 21.7 Å². The Morgan fingerprint density at radius 1 is 1.24 bits per heavy atom. The summed E-state index contributed by atoms with van der Waals surface area (Å²) in [5.74, 6) is -0.977.